The number of nitrogens with one attached hydrogen (secondary N) is 1. The number of tetrazole rings is 1. The normalized spacial score (nSPS) is 11.1. The number of hydrogen-bond donors (Lipinski definition) is 2. The van der Waals surface area contributed by atoms with Crippen molar-refractivity contribution in [2.75, 3.05) is 0 Å². The van der Waals surface area contributed by atoms with E-state index in [1.54, 1.807) is 0 Å². The van der Waals surface area contributed by atoms with Gasteiger partial charge in [-0.15, -0.1) is 5.10 Å². The third-order valence-corrected chi connectivity index (χ3v) is 5.21. The molecule has 0 atom stereocenters. The lowest BCUT2D eigenvalue weighted by atomic mass is 9.96. The van der Waals surface area contributed by atoms with Crippen molar-refractivity contribution in [2.24, 2.45) is 0 Å². The lowest BCUT2D eigenvalue weighted by Gasteiger charge is -2.09. The van der Waals surface area contributed by atoms with Gasteiger partial charge in [0.1, 0.15) is 0 Å². The predicted octanol–water partition coefficient (Wildman–Crippen LogP) is 3.40. The Morgan fingerprint density at radius 1 is 1.00 bits per heavy atom. The van der Waals surface area contributed by atoms with E-state index in [0.717, 1.165) is 53.0 Å². The zero-order valence-corrected chi connectivity index (χ0v) is 16.6. The summed E-state index contributed by atoms with van der Waals surface area (Å²) in [7, 11) is 0. The molecule has 148 valence electrons. The number of aryl methyl sites for hydroxylation is 2. The van der Waals surface area contributed by atoms with E-state index in [-0.39, 0.29) is 6.61 Å². The van der Waals surface area contributed by atoms with Crippen LogP contribution in [0, 0.1) is 0 Å². The second-order valence-electron chi connectivity index (χ2n) is 6.87. The van der Waals surface area contributed by atoms with Crippen molar-refractivity contribution in [3.63, 3.8) is 0 Å². The number of nitrogens with zero attached hydrogens (tertiary/aromatic N) is 5. The van der Waals surface area contributed by atoms with Gasteiger partial charge in [0, 0.05) is 24.1 Å². The summed E-state index contributed by atoms with van der Waals surface area (Å²) in [4.78, 5) is 0. The van der Waals surface area contributed by atoms with Crippen LogP contribution in [-0.2, 0) is 26.0 Å². The van der Waals surface area contributed by atoms with E-state index in [2.05, 4.69) is 63.0 Å². The molecule has 0 aliphatic heterocycles. The Hall–Kier alpha value is -3.32. The highest BCUT2D eigenvalue weighted by Gasteiger charge is 2.16. The number of aliphatic hydroxyl groups excluding tert-OH is 1. The largest absolute Gasteiger partial charge is 0.390 e. The quantitative estimate of drug-likeness (QED) is 0.506. The van der Waals surface area contributed by atoms with E-state index < -0.39 is 0 Å². The van der Waals surface area contributed by atoms with Crippen LogP contribution in [0.2, 0.25) is 0 Å². The molecule has 4 aromatic rings. The zero-order chi connectivity index (χ0) is 20.2. The maximum Gasteiger partial charge on any atom is 0.180 e. The first-order valence-electron chi connectivity index (χ1n) is 9.85. The fourth-order valence-corrected chi connectivity index (χ4v) is 3.74. The van der Waals surface area contributed by atoms with Crippen molar-refractivity contribution < 1.29 is 5.11 Å². The van der Waals surface area contributed by atoms with Crippen molar-refractivity contribution in [1.82, 2.24) is 30.4 Å². The van der Waals surface area contributed by atoms with Gasteiger partial charge in [0.15, 0.2) is 5.82 Å². The fourth-order valence-electron chi connectivity index (χ4n) is 3.74. The van der Waals surface area contributed by atoms with Gasteiger partial charge in [0.05, 0.1) is 18.0 Å². The molecule has 0 fully saturated rings. The number of aromatic amines is 1. The van der Waals surface area contributed by atoms with Gasteiger partial charge >= 0.3 is 0 Å². The molecule has 29 heavy (non-hydrogen) atoms. The van der Waals surface area contributed by atoms with E-state index in [1.165, 1.54) is 5.56 Å². The lowest BCUT2D eigenvalue weighted by Crippen LogP contribution is -2.04. The first-order chi connectivity index (χ1) is 14.2. The minimum absolute atomic E-state index is 0.00680. The van der Waals surface area contributed by atoms with Crippen LogP contribution >= 0.6 is 0 Å². The van der Waals surface area contributed by atoms with E-state index in [4.69, 9.17) is 0 Å². The van der Waals surface area contributed by atoms with Crippen LogP contribution in [0.1, 0.15) is 36.4 Å². The predicted molar refractivity (Wildman–Crippen MR) is 111 cm³/mol. The summed E-state index contributed by atoms with van der Waals surface area (Å²) < 4.78 is 1.91. The summed E-state index contributed by atoms with van der Waals surface area (Å²) in [6.07, 6.45) is 1.61. The van der Waals surface area contributed by atoms with Crippen LogP contribution < -0.4 is 0 Å². The molecule has 2 N–H and O–H groups in total. The first kappa shape index (κ1) is 19.0. The molecule has 0 aliphatic rings. The van der Waals surface area contributed by atoms with Crippen LogP contribution in [0.15, 0.2) is 48.5 Å². The molecule has 2 aromatic carbocycles. The highest BCUT2D eigenvalue weighted by Crippen LogP contribution is 2.30. The Morgan fingerprint density at radius 2 is 1.76 bits per heavy atom. The van der Waals surface area contributed by atoms with Gasteiger partial charge in [-0.05, 0) is 40.5 Å². The maximum atomic E-state index is 9.85. The summed E-state index contributed by atoms with van der Waals surface area (Å²) in [5.41, 5.74) is 7.43. The molecule has 0 radical (unpaired) electrons. The molecule has 0 amide bonds. The molecule has 0 spiro atoms. The van der Waals surface area contributed by atoms with Gasteiger partial charge in [0.25, 0.3) is 0 Å². The highest BCUT2D eigenvalue weighted by molar-refractivity contribution is 5.80. The Morgan fingerprint density at radius 3 is 2.38 bits per heavy atom. The fraction of sp³-hybridized carbons (Fsp3) is 0.273. The lowest BCUT2D eigenvalue weighted by molar-refractivity contribution is 0.267. The van der Waals surface area contributed by atoms with Crippen molar-refractivity contribution in [1.29, 1.82) is 0 Å². The average molecular weight is 388 g/mol. The molecule has 0 saturated heterocycles. The van der Waals surface area contributed by atoms with Crippen LogP contribution in [-0.4, -0.2) is 35.5 Å². The molecule has 0 aliphatic carbocycles. The summed E-state index contributed by atoms with van der Waals surface area (Å²) in [6, 6.07) is 16.6. The van der Waals surface area contributed by atoms with E-state index >= 15 is 0 Å². The van der Waals surface area contributed by atoms with Crippen molar-refractivity contribution in [3.05, 3.63) is 71.0 Å². The molecular formula is C22H24N6O. The second kappa shape index (κ2) is 8.36. The van der Waals surface area contributed by atoms with Crippen molar-refractivity contribution in [3.8, 4) is 22.5 Å². The second-order valence-corrected chi connectivity index (χ2v) is 6.87. The molecular weight excluding hydrogens is 364 g/mol. The molecule has 0 unspecified atom stereocenters. The SMILES string of the molecule is CCc1nn(CC)c(CO)c1Cc1ccc(-c2ccccc2-c2nnn[nH]2)cc1. The van der Waals surface area contributed by atoms with Crippen LogP contribution in [0.3, 0.4) is 0 Å². The smallest absolute Gasteiger partial charge is 0.180 e. The molecule has 7 nitrogen and oxygen atoms in total. The molecule has 2 heterocycles. The third-order valence-electron chi connectivity index (χ3n) is 5.21. The van der Waals surface area contributed by atoms with Gasteiger partial charge < -0.3 is 5.11 Å². The zero-order valence-electron chi connectivity index (χ0n) is 16.6. The molecule has 0 saturated carbocycles. The number of benzene rings is 2. The minimum Gasteiger partial charge on any atom is -0.390 e. The average Bonchev–Trinajstić information content (AvgIpc) is 3.42. The number of aliphatic hydroxyl groups is 1. The van der Waals surface area contributed by atoms with Gasteiger partial charge in [-0.1, -0.05) is 55.5 Å². The Kier molecular flexibility index (Phi) is 5.48. The third kappa shape index (κ3) is 3.69. The number of H-pyrrole nitrogens is 1. The van der Waals surface area contributed by atoms with Crippen LogP contribution in [0.4, 0.5) is 0 Å². The van der Waals surface area contributed by atoms with Crippen molar-refractivity contribution >= 4 is 0 Å². The summed E-state index contributed by atoms with van der Waals surface area (Å²) in [6.45, 7) is 4.92. The standard InChI is InChI=1S/C22H24N6O/c1-3-20-19(21(14-29)28(4-2)25-20)13-15-9-11-16(12-10-15)17-7-5-6-8-18(17)22-23-26-27-24-22/h5-12,29H,3-4,13-14H2,1-2H3,(H,23,24,26,27). The van der Waals surface area contributed by atoms with Crippen LogP contribution in [0.25, 0.3) is 22.5 Å². The monoisotopic (exact) mass is 388 g/mol. The summed E-state index contributed by atoms with van der Waals surface area (Å²) in [5, 5.41) is 28.8. The van der Waals surface area contributed by atoms with Crippen molar-refractivity contribution in [2.45, 2.75) is 39.8 Å². The Balaban J connectivity index is 1.65. The van der Waals surface area contributed by atoms with Gasteiger partial charge in [-0.3, -0.25) is 4.68 Å². The molecule has 7 heteroatoms. The number of rotatable bonds is 7. The molecule has 2 aromatic heterocycles. The highest BCUT2D eigenvalue weighted by atomic mass is 16.3. The van der Waals surface area contributed by atoms with Crippen LogP contribution in [0.5, 0.6) is 0 Å². The minimum atomic E-state index is 0.00680. The van der Waals surface area contributed by atoms with Gasteiger partial charge in [-0.2, -0.15) is 5.10 Å². The summed E-state index contributed by atoms with van der Waals surface area (Å²) in [5.74, 6) is 0.650. The topological polar surface area (TPSA) is 92.5 Å². The number of aromatic nitrogens is 6. The first-order valence-corrected chi connectivity index (χ1v) is 9.85. The van der Waals surface area contributed by atoms with Gasteiger partial charge in [-0.25, -0.2) is 5.10 Å². The Bertz CT molecular complexity index is 1080. The van der Waals surface area contributed by atoms with E-state index in [9.17, 15) is 5.11 Å². The van der Waals surface area contributed by atoms with E-state index in [1.807, 2.05) is 29.8 Å². The van der Waals surface area contributed by atoms with Gasteiger partial charge in [0.2, 0.25) is 0 Å². The Labute approximate surface area is 169 Å². The number of hydrogen-bond acceptors (Lipinski definition) is 5. The molecule has 0 bridgehead atoms. The summed E-state index contributed by atoms with van der Waals surface area (Å²) >= 11 is 0. The van der Waals surface area contributed by atoms with E-state index in [0.29, 0.717) is 5.82 Å². The molecule has 4 rings (SSSR count). The maximum absolute atomic E-state index is 9.85.